The Kier molecular flexibility index (Phi) is 5.62. The van der Waals surface area contributed by atoms with Crippen molar-refractivity contribution < 1.29 is 24.5 Å². The maximum absolute atomic E-state index is 11.5. The number of carbonyl (C=O) groups excluding carboxylic acids is 1. The Hall–Kier alpha value is -2.28. The smallest absolute Gasteiger partial charge is 0.337 e. The van der Waals surface area contributed by atoms with Crippen LogP contribution in [0.25, 0.3) is 0 Å². The summed E-state index contributed by atoms with van der Waals surface area (Å²) in [6.45, 7) is 0.944. The average molecular weight is 268 g/mol. The summed E-state index contributed by atoms with van der Waals surface area (Å²) in [5.41, 5.74) is -0.0541. The lowest BCUT2D eigenvalue weighted by atomic mass is 10.1. The van der Waals surface area contributed by atoms with Crippen LogP contribution in [-0.4, -0.2) is 42.5 Å². The standard InChI is InChI=1S/C12H16N2O5/c1-19-6-2-5-13-12(18)14-10-4-3-8(15)7-9(10)11(16)17/h3-4,7,15H,2,5-6H2,1H3,(H,16,17)(H2,13,14,18). The number of rotatable bonds is 6. The molecule has 0 aromatic heterocycles. The molecule has 2 amide bonds. The van der Waals surface area contributed by atoms with Gasteiger partial charge in [0.25, 0.3) is 0 Å². The first-order chi connectivity index (χ1) is 9.04. The summed E-state index contributed by atoms with van der Waals surface area (Å²) in [7, 11) is 1.57. The molecule has 0 atom stereocenters. The summed E-state index contributed by atoms with van der Waals surface area (Å²) in [4.78, 5) is 22.5. The van der Waals surface area contributed by atoms with Crippen LogP contribution >= 0.6 is 0 Å². The van der Waals surface area contributed by atoms with E-state index >= 15 is 0 Å². The van der Waals surface area contributed by atoms with Crippen molar-refractivity contribution in [2.45, 2.75) is 6.42 Å². The number of methoxy groups -OCH3 is 1. The Morgan fingerprint density at radius 3 is 2.74 bits per heavy atom. The Balaban J connectivity index is 2.61. The molecule has 0 spiro atoms. The van der Waals surface area contributed by atoms with Gasteiger partial charge in [-0.1, -0.05) is 0 Å². The Labute approximate surface area is 110 Å². The number of aromatic carboxylic acids is 1. The van der Waals surface area contributed by atoms with Gasteiger partial charge in [-0.15, -0.1) is 0 Å². The summed E-state index contributed by atoms with van der Waals surface area (Å²) in [5, 5.41) is 23.1. The number of carbonyl (C=O) groups is 2. The van der Waals surface area contributed by atoms with Gasteiger partial charge in [0.1, 0.15) is 5.75 Å². The van der Waals surface area contributed by atoms with Crippen LogP contribution in [0, 0.1) is 0 Å². The van der Waals surface area contributed by atoms with E-state index in [1.807, 2.05) is 0 Å². The van der Waals surface area contributed by atoms with Crippen LogP contribution in [0.1, 0.15) is 16.8 Å². The third-order valence-corrected chi connectivity index (χ3v) is 2.29. The van der Waals surface area contributed by atoms with Gasteiger partial charge in [0.15, 0.2) is 0 Å². The van der Waals surface area contributed by atoms with Gasteiger partial charge in [0.2, 0.25) is 0 Å². The highest BCUT2D eigenvalue weighted by molar-refractivity contribution is 6.00. The monoisotopic (exact) mass is 268 g/mol. The molecule has 7 nitrogen and oxygen atoms in total. The lowest BCUT2D eigenvalue weighted by molar-refractivity contribution is 0.0697. The van der Waals surface area contributed by atoms with E-state index in [9.17, 15) is 14.7 Å². The minimum absolute atomic E-state index is 0.120. The highest BCUT2D eigenvalue weighted by Crippen LogP contribution is 2.21. The lowest BCUT2D eigenvalue weighted by Gasteiger charge is -2.10. The topological polar surface area (TPSA) is 108 Å². The lowest BCUT2D eigenvalue weighted by Crippen LogP contribution is -2.30. The summed E-state index contributed by atoms with van der Waals surface area (Å²) < 4.78 is 4.83. The minimum Gasteiger partial charge on any atom is -0.508 e. The SMILES string of the molecule is COCCCNC(=O)Nc1ccc(O)cc1C(=O)O. The number of hydrogen-bond donors (Lipinski definition) is 4. The molecule has 0 aliphatic carbocycles. The molecule has 0 saturated heterocycles. The fraction of sp³-hybridized carbons (Fsp3) is 0.333. The highest BCUT2D eigenvalue weighted by atomic mass is 16.5. The molecule has 0 aliphatic rings. The fourth-order valence-electron chi connectivity index (χ4n) is 1.40. The van der Waals surface area contributed by atoms with E-state index in [0.29, 0.717) is 19.6 Å². The number of urea groups is 1. The maximum atomic E-state index is 11.5. The third kappa shape index (κ3) is 4.84. The second-order valence-electron chi connectivity index (χ2n) is 3.76. The highest BCUT2D eigenvalue weighted by Gasteiger charge is 2.13. The number of phenolic OH excluding ortho intramolecular Hbond substituents is 1. The van der Waals surface area contributed by atoms with E-state index in [1.54, 1.807) is 7.11 Å². The first-order valence-corrected chi connectivity index (χ1v) is 5.64. The Morgan fingerprint density at radius 2 is 2.11 bits per heavy atom. The number of carboxylic acid groups (broad SMARTS) is 1. The molecule has 0 radical (unpaired) electrons. The molecule has 1 aromatic carbocycles. The molecule has 1 aromatic rings. The third-order valence-electron chi connectivity index (χ3n) is 2.29. The zero-order valence-electron chi connectivity index (χ0n) is 10.5. The number of aromatic hydroxyl groups is 1. The molecule has 0 unspecified atom stereocenters. The van der Waals surface area contributed by atoms with Crippen LogP contribution in [0.15, 0.2) is 18.2 Å². The number of anilines is 1. The maximum Gasteiger partial charge on any atom is 0.337 e. The van der Waals surface area contributed by atoms with Gasteiger partial charge in [-0.25, -0.2) is 9.59 Å². The first kappa shape index (κ1) is 14.8. The van der Waals surface area contributed by atoms with Gasteiger partial charge < -0.3 is 25.6 Å². The summed E-state index contributed by atoms with van der Waals surface area (Å²) in [6, 6.07) is 3.19. The molecule has 0 aliphatic heterocycles. The average Bonchev–Trinajstić information content (AvgIpc) is 2.36. The van der Waals surface area contributed by atoms with E-state index in [1.165, 1.54) is 12.1 Å². The molecule has 0 heterocycles. The van der Waals surface area contributed by atoms with E-state index < -0.39 is 12.0 Å². The second kappa shape index (κ2) is 7.22. The van der Waals surface area contributed by atoms with Crippen LogP contribution in [-0.2, 0) is 4.74 Å². The van der Waals surface area contributed by atoms with Crippen molar-refractivity contribution in [1.82, 2.24) is 5.32 Å². The van der Waals surface area contributed by atoms with Crippen molar-refractivity contribution in [1.29, 1.82) is 0 Å². The predicted molar refractivity (Wildman–Crippen MR) is 68.6 cm³/mol. The van der Waals surface area contributed by atoms with Gasteiger partial charge in [-0.05, 0) is 24.6 Å². The number of hydrogen-bond acceptors (Lipinski definition) is 4. The summed E-state index contributed by atoms with van der Waals surface area (Å²) in [6.07, 6.45) is 0.658. The molecular formula is C12H16N2O5. The van der Waals surface area contributed by atoms with Gasteiger partial charge in [0.05, 0.1) is 11.3 Å². The normalized spacial score (nSPS) is 9.95. The van der Waals surface area contributed by atoms with E-state index in [0.717, 1.165) is 6.07 Å². The molecule has 0 fully saturated rings. The molecule has 7 heteroatoms. The van der Waals surface area contributed by atoms with Gasteiger partial charge in [0, 0.05) is 20.3 Å². The molecule has 0 saturated carbocycles. The molecule has 0 bridgehead atoms. The summed E-state index contributed by atoms with van der Waals surface area (Å²) >= 11 is 0. The van der Waals surface area contributed by atoms with Crippen molar-refractivity contribution >= 4 is 17.7 Å². The number of phenols is 1. The summed E-state index contributed by atoms with van der Waals surface area (Å²) in [5.74, 6) is -1.41. The minimum atomic E-state index is -1.23. The van der Waals surface area contributed by atoms with Crippen molar-refractivity contribution in [2.24, 2.45) is 0 Å². The van der Waals surface area contributed by atoms with Crippen molar-refractivity contribution in [3.63, 3.8) is 0 Å². The molecule has 104 valence electrons. The quantitative estimate of drug-likeness (QED) is 0.458. The Morgan fingerprint density at radius 1 is 1.37 bits per heavy atom. The van der Waals surface area contributed by atoms with E-state index in [-0.39, 0.29) is 17.0 Å². The van der Waals surface area contributed by atoms with Crippen LogP contribution in [0.4, 0.5) is 10.5 Å². The molecule has 4 N–H and O–H groups in total. The van der Waals surface area contributed by atoms with E-state index in [2.05, 4.69) is 10.6 Å². The Bertz CT molecular complexity index is 461. The molecular weight excluding hydrogens is 252 g/mol. The van der Waals surface area contributed by atoms with Crippen molar-refractivity contribution in [2.75, 3.05) is 25.6 Å². The van der Waals surface area contributed by atoms with Crippen molar-refractivity contribution in [3.8, 4) is 5.75 Å². The first-order valence-electron chi connectivity index (χ1n) is 5.64. The fourth-order valence-corrected chi connectivity index (χ4v) is 1.40. The zero-order chi connectivity index (χ0) is 14.3. The van der Waals surface area contributed by atoms with Crippen LogP contribution in [0.5, 0.6) is 5.75 Å². The second-order valence-corrected chi connectivity index (χ2v) is 3.76. The predicted octanol–water partition coefficient (Wildman–Crippen LogP) is 1.25. The number of carboxylic acids is 1. The van der Waals surface area contributed by atoms with Crippen molar-refractivity contribution in [3.05, 3.63) is 23.8 Å². The van der Waals surface area contributed by atoms with Crippen LogP contribution in [0.3, 0.4) is 0 Å². The molecule has 19 heavy (non-hydrogen) atoms. The number of nitrogens with one attached hydrogen (secondary N) is 2. The zero-order valence-corrected chi connectivity index (χ0v) is 10.5. The number of amides is 2. The number of benzene rings is 1. The largest absolute Gasteiger partial charge is 0.508 e. The van der Waals surface area contributed by atoms with Crippen LogP contribution in [0.2, 0.25) is 0 Å². The van der Waals surface area contributed by atoms with Crippen LogP contribution < -0.4 is 10.6 Å². The van der Waals surface area contributed by atoms with E-state index in [4.69, 9.17) is 9.84 Å². The molecule has 1 rings (SSSR count). The number of ether oxygens (including phenoxy) is 1. The van der Waals surface area contributed by atoms with Gasteiger partial charge in [-0.2, -0.15) is 0 Å². The van der Waals surface area contributed by atoms with Gasteiger partial charge >= 0.3 is 12.0 Å². The van der Waals surface area contributed by atoms with Gasteiger partial charge in [-0.3, -0.25) is 0 Å².